The van der Waals surface area contributed by atoms with E-state index in [0.717, 1.165) is 11.3 Å². The molecule has 1 atom stereocenters. The first-order chi connectivity index (χ1) is 6.81. The Bertz CT molecular complexity index is 418. The van der Waals surface area contributed by atoms with Gasteiger partial charge in [-0.05, 0) is 18.6 Å². The average molecular weight is 186 g/mol. The monoisotopic (exact) mass is 186 g/mol. The number of benzene rings is 1. The fourth-order valence-electron chi connectivity index (χ4n) is 1.43. The smallest absolute Gasteiger partial charge is 0.193 e. The van der Waals surface area contributed by atoms with Crippen molar-refractivity contribution in [2.45, 2.75) is 13.0 Å². The molecular weight excluding hydrogens is 176 g/mol. The fourth-order valence-corrected chi connectivity index (χ4v) is 1.43. The maximum Gasteiger partial charge on any atom is 0.193 e. The second-order valence-electron chi connectivity index (χ2n) is 3.16. The Labute approximate surface area is 82.8 Å². The van der Waals surface area contributed by atoms with Crippen molar-refractivity contribution in [1.29, 1.82) is 0 Å². The highest BCUT2D eigenvalue weighted by molar-refractivity contribution is 5.54. The van der Waals surface area contributed by atoms with Crippen molar-refractivity contribution in [3.05, 3.63) is 53.0 Å². The molecule has 1 aliphatic heterocycles. The van der Waals surface area contributed by atoms with E-state index in [2.05, 4.69) is 10.3 Å². The molecule has 0 aliphatic carbocycles. The van der Waals surface area contributed by atoms with E-state index in [-0.39, 0.29) is 6.10 Å². The van der Waals surface area contributed by atoms with E-state index in [1.165, 1.54) is 0 Å². The molecule has 0 radical (unpaired) electrons. The first kappa shape index (κ1) is 8.79. The van der Waals surface area contributed by atoms with Crippen molar-refractivity contribution >= 4 is 5.69 Å². The van der Waals surface area contributed by atoms with Gasteiger partial charge in [-0.25, -0.2) is 4.85 Å². The molecule has 70 valence electrons. The van der Waals surface area contributed by atoms with Gasteiger partial charge in [0.25, 0.3) is 0 Å². The van der Waals surface area contributed by atoms with Crippen LogP contribution in [0.5, 0.6) is 0 Å². The third kappa shape index (κ3) is 1.48. The minimum Gasteiger partial charge on any atom is -0.271 e. The Morgan fingerprint density at radius 3 is 2.86 bits per heavy atom. The topological polar surface area (TPSA) is 25.6 Å². The van der Waals surface area contributed by atoms with Gasteiger partial charge in [0.1, 0.15) is 6.10 Å². The zero-order valence-corrected chi connectivity index (χ0v) is 7.82. The number of hydrogen-bond acceptors (Lipinski definition) is 2. The molecule has 0 amide bonds. The third-order valence-electron chi connectivity index (χ3n) is 2.11. The largest absolute Gasteiger partial charge is 0.271 e. The highest BCUT2D eigenvalue weighted by atomic mass is 16.7. The van der Waals surface area contributed by atoms with Gasteiger partial charge in [-0.3, -0.25) is 10.3 Å². The molecular formula is C11H10N2O. The van der Waals surface area contributed by atoms with Crippen molar-refractivity contribution in [2.24, 2.45) is 0 Å². The molecule has 0 aromatic heterocycles. The second kappa shape index (κ2) is 3.52. The summed E-state index contributed by atoms with van der Waals surface area (Å²) in [5, 5.41) is 0. The summed E-state index contributed by atoms with van der Waals surface area (Å²) >= 11 is 0. The van der Waals surface area contributed by atoms with E-state index in [1.54, 1.807) is 6.07 Å². The van der Waals surface area contributed by atoms with Gasteiger partial charge in [0.05, 0.1) is 6.57 Å². The number of allylic oxidation sites excluding steroid dienone is 1. The lowest BCUT2D eigenvalue weighted by Crippen LogP contribution is -2.06. The molecule has 1 aliphatic rings. The molecule has 2 rings (SSSR count). The number of rotatable bonds is 1. The minimum atomic E-state index is -0.139. The first-order valence-corrected chi connectivity index (χ1v) is 4.38. The Morgan fingerprint density at radius 2 is 2.21 bits per heavy atom. The standard InChI is InChI=1S/C11H10N2O/c1-8-7-11(14-13-8)9-5-3-4-6-10(9)12-2/h3-7,11,13H,1H3. The van der Waals surface area contributed by atoms with Gasteiger partial charge < -0.3 is 0 Å². The quantitative estimate of drug-likeness (QED) is 0.682. The van der Waals surface area contributed by atoms with Crippen molar-refractivity contribution in [3.8, 4) is 0 Å². The average Bonchev–Trinajstić information content (AvgIpc) is 2.65. The van der Waals surface area contributed by atoms with E-state index < -0.39 is 0 Å². The number of hydroxylamine groups is 1. The Kier molecular flexibility index (Phi) is 2.21. The van der Waals surface area contributed by atoms with E-state index in [1.807, 2.05) is 31.2 Å². The normalized spacial score (nSPS) is 19.7. The summed E-state index contributed by atoms with van der Waals surface area (Å²) in [5.74, 6) is 0. The maximum atomic E-state index is 7.03. The van der Waals surface area contributed by atoms with Crippen LogP contribution in [-0.2, 0) is 4.84 Å². The first-order valence-electron chi connectivity index (χ1n) is 4.38. The summed E-state index contributed by atoms with van der Waals surface area (Å²) in [6, 6.07) is 7.48. The van der Waals surface area contributed by atoms with Gasteiger partial charge >= 0.3 is 0 Å². The molecule has 1 heterocycles. The van der Waals surface area contributed by atoms with Gasteiger partial charge in [0.15, 0.2) is 5.69 Å². The van der Waals surface area contributed by atoms with Crippen LogP contribution in [0.15, 0.2) is 36.0 Å². The van der Waals surface area contributed by atoms with Gasteiger partial charge in [0.2, 0.25) is 0 Å². The predicted octanol–water partition coefficient (Wildman–Crippen LogP) is 2.72. The zero-order valence-electron chi connectivity index (χ0n) is 7.82. The lowest BCUT2D eigenvalue weighted by atomic mass is 10.1. The Balaban J connectivity index is 2.38. The van der Waals surface area contributed by atoms with Gasteiger partial charge in [-0.15, -0.1) is 0 Å². The Morgan fingerprint density at radius 1 is 1.43 bits per heavy atom. The second-order valence-corrected chi connectivity index (χ2v) is 3.16. The van der Waals surface area contributed by atoms with Crippen LogP contribution in [0.4, 0.5) is 5.69 Å². The molecule has 0 saturated heterocycles. The summed E-state index contributed by atoms with van der Waals surface area (Å²) in [6.07, 6.45) is 1.82. The maximum absolute atomic E-state index is 7.03. The lowest BCUT2D eigenvalue weighted by molar-refractivity contribution is 0.0426. The van der Waals surface area contributed by atoms with Crippen LogP contribution in [0.1, 0.15) is 18.6 Å². The predicted molar refractivity (Wildman–Crippen MR) is 53.4 cm³/mol. The molecule has 1 aromatic carbocycles. The highest BCUT2D eigenvalue weighted by Crippen LogP contribution is 2.31. The molecule has 1 N–H and O–H groups in total. The highest BCUT2D eigenvalue weighted by Gasteiger charge is 2.18. The minimum absolute atomic E-state index is 0.139. The number of hydrogen-bond donors (Lipinski definition) is 1. The van der Waals surface area contributed by atoms with E-state index >= 15 is 0 Å². The zero-order chi connectivity index (χ0) is 9.97. The molecule has 14 heavy (non-hydrogen) atoms. The third-order valence-corrected chi connectivity index (χ3v) is 2.11. The summed E-state index contributed by atoms with van der Waals surface area (Å²) < 4.78 is 0. The molecule has 1 aromatic rings. The summed E-state index contributed by atoms with van der Waals surface area (Å²) in [5.41, 5.74) is 5.31. The number of nitrogens with one attached hydrogen (secondary N) is 1. The van der Waals surface area contributed by atoms with Crippen LogP contribution in [-0.4, -0.2) is 0 Å². The van der Waals surface area contributed by atoms with Crippen LogP contribution >= 0.6 is 0 Å². The van der Waals surface area contributed by atoms with Crippen molar-refractivity contribution < 1.29 is 4.84 Å². The van der Waals surface area contributed by atoms with Crippen LogP contribution in [0.3, 0.4) is 0 Å². The summed E-state index contributed by atoms with van der Waals surface area (Å²) in [4.78, 5) is 8.76. The SMILES string of the molecule is [C-]#[N+]c1ccccc1C1C=C(C)NO1. The van der Waals surface area contributed by atoms with Crippen molar-refractivity contribution in [1.82, 2.24) is 5.48 Å². The Hall–Kier alpha value is -1.79. The van der Waals surface area contributed by atoms with Crippen LogP contribution < -0.4 is 5.48 Å². The number of para-hydroxylation sites is 1. The summed E-state index contributed by atoms with van der Waals surface area (Å²) in [7, 11) is 0. The molecule has 3 nitrogen and oxygen atoms in total. The fraction of sp³-hybridized carbons (Fsp3) is 0.182. The summed E-state index contributed by atoms with van der Waals surface area (Å²) in [6.45, 7) is 8.96. The van der Waals surface area contributed by atoms with E-state index in [4.69, 9.17) is 11.4 Å². The molecule has 0 bridgehead atoms. The van der Waals surface area contributed by atoms with Crippen LogP contribution in [0, 0.1) is 6.57 Å². The van der Waals surface area contributed by atoms with Crippen LogP contribution in [0.25, 0.3) is 4.85 Å². The number of nitrogens with zero attached hydrogens (tertiary/aromatic N) is 1. The van der Waals surface area contributed by atoms with Crippen molar-refractivity contribution in [2.75, 3.05) is 0 Å². The molecule has 3 heteroatoms. The van der Waals surface area contributed by atoms with Gasteiger partial charge in [-0.2, -0.15) is 0 Å². The van der Waals surface area contributed by atoms with Gasteiger partial charge in [0, 0.05) is 5.70 Å². The van der Waals surface area contributed by atoms with Crippen molar-refractivity contribution in [3.63, 3.8) is 0 Å². The van der Waals surface area contributed by atoms with E-state index in [0.29, 0.717) is 5.69 Å². The van der Waals surface area contributed by atoms with Crippen LogP contribution in [0.2, 0.25) is 0 Å². The molecule has 0 saturated carbocycles. The molecule has 1 unspecified atom stereocenters. The lowest BCUT2D eigenvalue weighted by Gasteiger charge is -2.08. The molecule has 0 fully saturated rings. The molecule has 0 spiro atoms. The van der Waals surface area contributed by atoms with E-state index in [9.17, 15) is 0 Å². The van der Waals surface area contributed by atoms with Gasteiger partial charge in [-0.1, -0.05) is 24.3 Å².